The highest BCUT2D eigenvalue weighted by atomic mass is 15.1. The molecule has 0 aliphatic carbocycles. The minimum atomic E-state index is 0.375. The Bertz CT molecular complexity index is 417. The van der Waals surface area contributed by atoms with Crippen LogP contribution >= 0.6 is 0 Å². The summed E-state index contributed by atoms with van der Waals surface area (Å²) in [4.78, 5) is 8.23. The van der Waals surface area contributed by atoms with E-state index in [4.69, 9.17) is 0 Å². The smallest absolute Gasteiger partial charge is 0.0951 e. The minimum absolute atomic E-state index is 0.375. The molecule has 1 N–H and O–H groups in total. The Morgan fingerprint density at radius 1 is 1.38 bits per heavy atom. The lowest BCUT2D eigenvalue weighted by Gasteiger charge is -2.16. The maximum absolute atomic E-state index is 4.19. The fourth-order valence-corrected chi connectivity index (χ4v) is 1.83. The molecule has 2 rings (SSSR count). The average molecular weight is 219 g/mol. The number of hydrogen-bond donors (Lipinski definition) is 1. The molecule has 0 aliphatic heterocycles. The van der Waals surface area contributed by atoms with E-state index in [-0.39, 0.29) is 0 Å². The van der Waals surface area contributed by atoms with E-state index in [9.17, 15) is 0 Å². The van der Waals surface area contributed by atoms with Crippen LogP contribution in [0.15, 0.2) is 31.2 Å². The molecular weight excluding hydrogens is 202 g/mol. The first kappa shape index (κ1) is 10.9. The van der Waals surface area contributed by atoms with Crippen LogP contribution in [0.4, 0.5) is 0 Å². The van der Waals surface area contributed by atoms with Gasteiger partial charge in [0, 0.05) is 37.7 Å². The van der Waals surface area contributed by atoms with E-state index in [1.807, 2.05) is 32.1 Å². The molecule has 1 unspecified atom stereocenters. The fourth-order valence-electron chi connectivity index (χ4n) is 1.83. The molecule has 16 heavy (non-hydrogen) atoms. The van der Waals surface area contributed by atoms with Crippen LogP contribution in [-0.2, 0) is 13.1 Å². The van der Waals surface area contributed by atoms with Crippen molar-refractivity contribution in [1.82, 2.24) is 24.4 Å². The summed E-state index contributed by atoms with van der Waals surface area (Å²) in [7, 11) is 1.94. The maximum Gasteiger partial charge on any atom is 0.0951 e. The molecule has 0 aromatic carbocycles. The normalized spacial score (nSPS) is 12.9. The Morgan fingerprint density at radius 2 is 2.25 bits per heavy atom. The molecule has 5 heteroatoms. The van der Waals surface area contributed by atoms with Crippen LogP contribution in [0.25, 0.3) is 0 Å². The van der Waals surface area contributed by atoms with E-state index in [2.05, 4.69) is 31.3 Å². The number of imidazole rings is 2. The second-order valence-electron chi connectivity index (χ2n) is 3.93. The molecule has 0 spiro atoms. The third kappa shape index (κ3) is 2.30. The van der Waals surface area contributed by atoms with Gasteiger partial charge >= 0.3 is 0 Å². The lowest BCUT2D eigenvalue weighted by atomic mass is 10.3. The lowest BCUT2D eigenvalue weighted by molar-refractivity contribution is 0.448. The van der Waals surface area contributed by atoms with Crippen molar-refractivity contribution < 1.29 is 0 Å². The van der Waals surface area contributed by atoms with Gasteiger partial charge in [-0.05, 0) is 14.0 Å². The molecule has 0 saturated heterocycles. The second kappa shape index (κ2) is 4.94. The van der Waals surface area contributed by atoms with Crippen molar-refractivity contribution in [2.75, 3.05) is 7.05 Å². The summed E-state index contributed by atoms with van der Waals surface area (Å²) < 4.78 is 4.27. The van der Waals surface area contributed by atoms with Gasteiger partial charge in [0.15, 0.2) is 0 Å². The van der Waals surface area contributed by atoms with Crippen LogP contribution in [0.5, 0.6) is 0 Å². The van der Waals surface area contributed by atoms with Crippen LogP contribution in [-0.4, -0.2) is 26.1 Å². The SMILES string of the molecule is CNCc1cncn1C(C)Cn1ccnc1. The van der Waals surface area contributed by atoms with Gasteiger partial charge in [0.2, 0.25) is 0 Å². The van der Waals surface area contributed by atoms with E-state index < -0.39 is 0 Å². The first-order valence-electron chi connectivity index (χ1n) is 5.42. The molecule has 0 fully saturated rings. The van der Waals surface area contributed by atoms with Gasteiger partial charge < -0.3 is 14.5 Å². The summed E-state index contributed by atoms with van der Waals surface area (Å²) in [6.45, 7) is 3.93. The molecule has 2 heterocycles. The van der Waals surface area contributed by atoms with Gasteiger partial charge in [-0.1, -0.05) is 0 Å². The molecule has 0 aliphatic rings. The second-order valence-corrected chi connectivity index (χ2v) is 3.93. The van der Waals surface area contributed by atoms with E-state index in [0.717, 1.165) is 13.1 Å². The molecule has 2 aromatic rings. The minimum Gasteiger partial charge on any atom is -0.335 e. The molecule has 0 bridgehead atoms. The largest absolute Gasteiger partial charge is 0.335 e. The van der Waals surface area contributed by atoms with Crippen molar-refractivity contribution in [2.45, 2.75) is 26.1 Å². The van der Waals surface area contributed by atoms with E-state index in [1.165, 1.54) is 5.69 Å². The molecule has 86 valence electrons. The van der Waals surface area contributed by atoms with Crippen molar-refractivity contribution in [2.24, 2.45) is 0 Å². The summed E-state index contributed by atoms with van der Waals surface area (Å²) in [5, 5.41) is 3.14. The van der Waals surface area contributed by atoms with Gasteiger partial charge in [-0.15, -0.1) is 0 Å². The Hall–Kier alpha value is -1.62. The van der Waals surface area contributed by atoms with Crippen LogP contribution < -0.4 is 5.32 Å². The van der Waals surface area contributed by atoms with E-state index >= 15 is 0 Å². The molecule has 0 amide bonds. The topological polar surface area (TPSA) is 47.7 Å². The molecule has 0 radical (unpaired) electrons. The van der Waals surface area contributed by atoms with Crippen LogP contribution in [0.3, 0.4) is 0 Å². The summed E-state index contributed by atoms with van der Waals surface area (Å²) >= 11 is 0. The summed E-state index contributed by atoms with van der Waals surface area (Å²) in [6, 6.07) is 0.375. The van der Waals surface area contributed by atoms with Crippen LogP contribution in [0.2, 0.25) is 0 Å². The predicted octanol–water partition coefficient (Wildman–Crippen LogP) is 1.06. The monoisotopic (exact) mass is 219 g/mol. The first-order chi connectivity index (χ1) is 7.81. The standard InChI is InChI=1S/C11H17N5/c1-10(7-15-4-3-13-8-15)16-9-14-6-11(16)5-12-2/h3-4,6,8-10,12H,5,7H2,1-2H3. The number of nitrogens with zero attached hydrogens (tertiary/aromatic N) is 4. The van der Waals surface area contributed by atoms with E-state index in [0.29, 0.717) is 6.04 Å². The third-order valence-electron chi connectivity index (χ3n) is 2.61. The van der Waals surface area contributed by atoms with Crippen LogP contribution in [0, 0.1) is 0 Å². The Labute approximate surface area is 95.1 Å². The number of nitrogens with one attached hydrogen (secondary N) is 1. The van der Waals surface area contributed by atoms with Crippen molar-refractivity contribution >= 4 is 0 Å². The molecule has 5 nitrogen and oxygen atoms in total. The summed E-state index contributed by atoms with van der Waals surface area (Å²) in [6.07, 6.45) is 9.40. The zero-order valence-electron chi connectivity index (χ0n) is 9.67. The van der Waals surface area contributed by atoms with Crippen LogP contribution in [0.1, 0.15) is 18.7 Å². The molecule has 1 atom stereocenters. The highest BCUT2D eigenvalue weighted by Crippen LogP contribution is 2.12. The Balaban J connectivity index is 2.08. The van der Waals surface area contributed by atoms with Crippen molar-refractivity contribution in [3.05, 3.63) is 36.9 Å². The van der Waals surface area contributed by atoms with Gasteiger partial charge in [-0.2, -0.15) is 0 Å². The third-order valence-corrected chi connectivity index (χ3v) is 2.61. The first-order valence-corrected chi connectivity index (χ1v) is 5.42. The maximum atomic E-state index is 4.19. The van der Waals surface area contributed by atoms with Crippen molar-refractivity contribution in [3.8, 4) is 0 Å². The molecular formula is C11H17N5. The summed E-state index contributed by atoms with van der Waals surface area (Å²) in [5.41, 5.74) is 1.20. The van der Waals surface area contributed by atoms with Gasteiger partial charge in [0.25, 0.3) is 0 Å². The van der Waals surface area contributed by atoms with Gasteiger partial charge in [0.1, 0.15) is 0 Å². The van der Waals surface area contributed by atoms with Gasteiger partial charge in [-0.25, -0.2) is 9.97 Å². The van der Waals surface area contributed by atoms with Crippen molar-refractivity contribution in [3.63, 3.8) is 0 Å². The zero-order valence-corrected chi connectivity index (χ0v) is 9.67. The van der Waals surface area contributed by atoms with Gasteiger partial charge in [0.05, 0.1) is 18.3 Å². The highest BCUT2D eigenvalue weighted by Gasteiger charge is 2.09. The molecule has 2 aromatic heterocycles. The highest BCUT2D eigenvalue weighted by molar-refractivity contribution is 4.99. The molecule has 0 saturated carbocycles. The Morgan fingerprint density at radius 3 is 2.94 bits per heavy atom. The average Bonchev–Trinajstić information content (AvgIpc) is 2.89. The predicted molar refractivity (Wildman–Crippen MR) is 61.9 cm³/mol. The van der Waals surface area contributed by atoms with Crippen molar-refractivity contribution in [1.29, 1.82) is 0 Å². The van der Waals surface area contributed by atoms with Gasteiger partial charge in [-0.3, -0.25) is 0 Å². The Kier molecular flexibility index (Phi) is 3.36. The number of hydrogen-bond acceptors (Lipinski definition) is 3. The summed E-state index contributed by atoms with van der Waals surface area (Å²) in [5.74, 6) is 0. The lowest BCUT2D eigenvalue weighted by Crippen LogP contribution is -2.17. The number of rotatable bonds is 5. The zero-order chi connectivity index (χ0) is 11.4. The number of aromatic nitrogens is 4. The quantitative estimate of drug-likeness (QED) is 0.818. The van der Waals surface area contributed by atoms with E-state index in [1.54, 1.807) is 6.20 Å². The fraction of sp³-hybridized carbons (Fsp3) is 0.455.